The molecule has 8 heteroatoms. The molecule has 0 radical (unpaired) electrons. The Hall–Kier alpha value is -2.22. The number of nitrogens with zero attached hydrogens (tertiary/aromatic N) is 4. The number of amides is 2. The quantitative estimate of drug-likeness (QED) is 0.845. The second kappa shape index (κ2) is 5.66. The molecule has 1 aliphatic carbocycles. The molecule has 0 fully saturated rings. The predicted molar refractivity (Wildman–Crippen MR) is 96.1 cm³/mol. The standard InChI is InChI=1S/C17H21N5O2S/c1-17(2)6-4-12-14(17)18-15(25-12)19-16(24)22-7-5-11-10(9-22)8-13(23)21(3)20-11/h8H,4-7,9H2,1-3H3,(H,18,19,24). The zero-order valence-corrected chi connectivity index (χ0v) is 15.4. The van der Waals surface area contributed by atoms with Crippen LogP contribution in [0.2, 0.25) is 0 Å². The maximum Gasteiger partial charge on any atom is 0.323 e. The summed E-state index contributed by atoms with van der Waals surface area (Å²) in [6.45, 7) is 5.37. The summed E-state index contributed by atoms with van der Waals surface area (Å²) in [6, 6.07) is 1.40. The zero-order chi connectivity index (χ0) is 17.8. The van der Waals surface area contributed by atoms with E-state index in [1.54, 1.807) is 29.4 Å². The first-order valence-electron chi connectivity index (χ1n) is 8.46. The van der Waals surface area contributed by atoms with Crippen LogP contribution in [0.3, 0.4) is 0 Å². The minimum absolute atomic E-state index is 0.0879. The van der Waals surface area contributed by atoms with E-state index in [9.17, 15) is 9.59 Å². The van der Waals surface area contributed by atoms with Gasteiger partial charge in [0.25, 0.3) is 5.56 Å². The number of aryl methyl sites for hydroxylation is 2. The van der Waals surface area contributed by atoms with Gasteiger partial charge in [-0.05, 0) is 12.8 Å². The van der Waals surface area contributed by atoms with Crippen molar-refractivity contribution in [2.75, 3.05) is 11.9 Å². The Kier molecular flexibility index (Phi) is 3.68. The van der Waals surface area contributed by atoms with Gasteiger partial charge in [-0.15, -0.1) is 11.3 Å². The van der Waals surface area contributed by atoms with Crippen molar-refractivity contribution in [3.8, 4) is 0 Å². The molecule has 7 nitrogen and oxygen atoms in total. The van der Waals surface area contributed by atoms with Crippen molar-refractivity contribution in [2.45, 2.75) is 45.1 Å². The molecule has 1 N–H and O–H groups in total. The largest absolute Gasteiger partial charge is 0.323 e. The molecule has 4 rings (SSSR count). The third-order valence-corrected chi connectivity index (χ3v) is 6.08. The average Bonchev–Trinajstić information content (AvgIpc) is 3.08. The normalized spacial score (nSPS) is 18.0. The summed E-state index contributed by atoms with van der Waals surface area (Å²) in [5.41, 5.74) is 2.77. The van der Waals surface area contributed by atoms with Crippen LogP contribution < -0.4 is 10.9 Å². The van der Waals surface area contributed by atoms with Gasteiger partial charge in [-0.3, -0.25) is 10.1 Å². The van der Waals surface area contributed by atoms with Crippen LogP contribution in [0.4, 0.5) is 9.93 Å². The van der Waals surface area contributed by atoms with Crippen molar-refractivity contribution in [2.24, 2.45) is 7.05 Å². The van der Waals surface area contributed by atoms with Gasteiger partial charge in [0, 0.05) is 48.5 Å². The summed E-state index contributed by atoms with van der Waals surface area (Å²) in [7, 11) is 1.64. The fourth-order valence-corrected chi connectivity index (χ4v) is 4.62. The van der Waals surface area contributed by atoms with Crippen molar-refractivity contribution < 1.29 is 4.79 Å². The molecule has 0 aromatic carbocycles. The Bertz CT molecular complexity index is 914. The Morgan fingerprint density at radius 3 is 2.92 bits per heavy atom. The van der Waals surface area contributed by atoms with Gasteiger partial charge in [0.2, 0.25) is 0 Å². The first-order chi connectivity index (χ1) is 11.8. The lowest BCUT2D eigenvalue weighted by Crippen LogP contribution is -2.40. The maximum absolute atomic E-state index is 12.6. The summed E-state index contributed by atoms with van der Waals surface area (Å²) in [6.07, 6.45) is 2.79. The van der Waals surface area contributed by atoms with E-state index in [1.165, 1.54) is 9.56 Å². The van der Waals surface area contributed by atoms with Gasteiger partial charge in [-0.25, -0.2) is 14.5 Å². The van der Waals surface area contributed by atoms with E-state index < -0.39 is 0 Å². The van der Waals surface area contributed by atoms with Crippen molar-refractivity contribution in [1.29, 1.82) is 0 Å². The van der Waals surface area contributed by atoms with E-state index in [4.69, 9.17) is 0 Å². The number of carbonyl (C=O) groups excluding carboxylic acids is 1. The summed E-state index contributed by atoms with van der Waals surface area (Å²) in [5, 5.41) is 7.87. The molecule has 2 aliphatic rings. The van der Waals surface area contributed by atoms with Gasteiger partial charge < -0.3 is 4.90 Å². The van der Waals surface area contributed by atoms with Gasteiger partial charge >= 0.3 is 6.03 Å². The molecule has 2 amide bonds. The number of thiazole rings is 1. The lowest BCUT2D eigenvalue weighted by atomic mass is 9.91. The van der Waals surface area contributed by atoms with Gasteiger partial charge in [-0.2, -0.15) is 5.10 Å². The summed E-state index contributed by atoms with van der Waals surface area (Å²) in [5.74, 6) is 0. The van der Waals surface area contributed by atoms with Gasteiger partial charge in [-0.1, -0.05) is 13.8 Å². The SMILES string of the molecule is Cn1nc2c(cc1=O)CN(C(=O)Nc1nc3c(s1)CCC3(C)C)CC2. The van der Waals surface area contributed by atoms with E-state index in [2.05, 4.69) is 29.2 Å². The molecule has 3 heterocycles. The molecule has 0 bridgehead atoms. The minimum atomic E-state index is -0.170. The lowest BCUT2D eigenvalue weighted by molar-refractivity contribution is 0.205. The molecule has 0 unspecified atom stereocenters. The van der Waals surface area contributed by atoms with Crippen LogP contribution >= 0.6 is 11.3 Å². The number of rotatable bonds is 1. The minimum Gasteiger partial charge on any atom is -0.320 e. The Morgan fingerprint density at radius 1 is 1.36 bits per heavy atom. The third-order valence-electron chi connectivity index (χ3n) is 5.05. The van der Waals surface area contributed by atoms with E-state index >= 15 is 0 Å². The summed E-state index contributed by atoms with van der Waals surface area (Å²) < 4.78 is 1.34. The van der Waals surface area contributed by atoms with Crippen LogP contribution in [0.1, 0.15) is 42.1 Å². The molecule has 0 atom stereocenters. The number of fused-ring (bicyclic) bond motifs is 2. The van der Waals surface area contributed by atoms with Gasteiger partial charge in [0.05, 0.1) is 11.4 Å². The highest BCUT2D eigenvalue weighted by molar-refractivity contribution is 7.16. The number of carbonyl (C=O) groups is 1. The second-order valence-corrected chi connectivity index (χ2v) is 8.44. The molecule has 132 valence electrons. The highest BCUT2D eigenvalue weighted by atomic mass is 32.1. The molecular weight excluding hydrogens is 338 g/mol. The van der Waals surface area contributed by atoms with Crippen molar-refractivity contribution >= 4 is 22.5 Å². The molecular formula is C17H21N5O2S. The first kappa shape index (κ1) is 16.3. The van der Waals surface area contributed by atoms with E-state index in [0.717, 1.165) is 29.8 Å². The average molecular weight is 359 g/mol. The van der Waals surface area contributed by atoms with Crippen LogP contribution in [-0.2, 0) is 31.8 Å². The molecule has 2 aromatic heterocycles. The number of hydrogen-bond donors (Lipinski definition) is 1. The Balaban J connectivity index is 1.49. The summed E-state index contributed by atoms with van der Waals surface area (Å²) >= 11 is 1.57. The second-order valence-electron chi connectivity index (χ2n) is 7.35. The Labute approximate surface area is 149 Å². The van der Waals surface area contributed by atoms with Crippen LogP contribution in [-0.4, -0.2) is 32.2 Å². The number of aromatic nitrogens is 3. The van der Waals surface area contributed by atoms with E-state index in [-0.39, 0.29) is 17.0 Å². The topological polar surface area (TPSA) is 80.1 Å². The van der Waals surface area contributed by atoms with Crippen molar-refractivity contribution in [1.82, 2.24) is 19.7 Å². The van der Waals surface area contributed by atoms with E-state index in [1.807, 2.05) is 0 Å². The van der Waals surface area contributed by atoms with Crippen LogP contribution in [0.5, 0.6) is 0 Å². The predicted octanol–water partition coefficient (Wildman–Crippen LogP) is 2.05. The van der Waals surface area contributed by atoms with Gasteiger partial charge in [0.15, 0.2) is 5.13 Å². The summed E-state index contributed by atoms with van der Waals surface area (Å²) in [4.78, 5) is 32.0. The first-order valence-corrected chi connectivity index (χ1v) is 9.27. The molecule has 0 saturated heterocycles. The third kappa shape index (κ3) is 2.84. The number of nitrogens with one attached hydrogen (secondary N) is 1. The molecule has 2 aromatic rings. The molecule has 1 aliphatic heterocycles. The van der Waals surface area contributed by atoms with Crippen molar-refractivity contribution in [3.63, 3.8) is 0 Å². The lowest BCUT2D eigenvalue weighted by Gasteiger charge is -2.27. The van der Waals surface area contributed by atoms with E-state index in [0.29, 0.717) is 24.6 Å². The highest BCUT2D eigenvalue weighted by Crippen LogP contribution is 2.42. The number of hydrogen-bond acceptors (Lipinski definition) is 5. The van der Waals surface area contributed by atoms with Crippen LogP contribution in [0.25, 0.3) is 0 Å². The fourth-order valence-electron chi connectivity index (χ4n) is 3.49. The number of urea groups is 1. The smallest absolute Gasteiger partial charge is 0.320 e. The number of anilines is 1. The van der Waals surface area contributed by atoms with Crippen molar-refractivity contribution in [3.05, 3.63) is 38.2 Å². The zero-order valence-electron chi connectivity index (χ0n) is 14.6. The molecule has 25 heavy (non-hydrogen) atoms. The monoisotopic (exact) mass is 359 g/mol. The Morgan fingerprint density at radius 2 is 2.16 bits per heavy atom. The molecule has 0 saturated carbocycles. The van der Waals surface area contributed by atoms with Gasteiger partial charge in [0.1, 0.15) is 0 Å². The fraction of sp³-hybridized carbons (Fsp3) is 0.529. The van der Waals surface area contributed by atoms with Crippen LogP contribution in [0.15, 0.2) is 10.9 Å². The highest BCUT2D eigenvalue weighted by Gasteiger charge is 2.34. The molecule has 0 spiro atoms. The maximum atomic E-state index is 12.6. The van der Waals surface area contributed by atoms with Crippen LogP contribution in [0, 0.1) is 0 Å².